The van der Waals surface area contributed by atoms with Gasteiger partial charge in [-0.3, -0.25) is 4.79 Å². The van der Waals surface area contributed by atoms with E-state index in [4.69, 9.17) is 5.73 Å². The molecule has 3 nitrogen and oxygen atoms in total. The number of anilines is 1. The van der Waals surface area contributed by atoms with E-state index in [1.165, 1.54) is 32.1 Å². The molecule has 3 heteroatoms. The van der Waals surface area contributed by atoms with Gasteiger partial charge in [0.05, 0.1) is 0 Å². The number of nitrogens with one attached hydrogen (secondary N) is 1. The summed E-state index contributed by atoms with van der Waals surface area (Å²) in [5.41, 5.74) is 7.33. The second kappa shape index (κ2) is 6.29. The predicted octanol–water partition coefficient (Wildman–Crippen LogP) is 3.61. The zero-order valence-electron chi connectivity index (χ0n) is 12.6. The largest absolute Gasteiger partial charge is 0.399 e. The molecule has 0 spiro atoms. The third-order valence-corrected chi connectivity index (χ3v) is 4.28. The molecule has 0 saturated heterocycles. The van der Waals surface area contributed by atoms with Crippen LogP contribution in [-0.2, 0) is 0 Å². The van der Waals surface area contributed by atoms with Gasteiger partial charge in [0.2, 0.25) is 0 Å². The van der Waals surface area contributed by atoms with Gasteiger partial charge in [0.15, 0.2) is 0 Å². The fourth-order valence-electron chi connectivity index (χ4n) is 3.49. The van der Waals surface area contributed by atoms with Gasteiger partial charge >= 0.3 is 0 Å². The zero-order valence-corrected chi connectivity index (χ0v) is 12.6. The first-order chi connectivity index (χ1) is 9.51. The maximum Gasteiger partial charge on any atom is 0.251 e. The first-order valence-corrected chi connectivity index (χ1v) is 7.64. The Hall–Kier alpha value is -1.51. The number of benzene rings is 1. The van der Waals surface area contributed by atoms with Gasteiger partial charge in [0.1, 0.15) is 0 Å². The number of hydrogen-bond donors (Lipinski definition) is 2. The smallest absolute Gasteiger partial charge is 0.251 e. The van der Waals surface area contributed by atoms with Crippen LogP contribution in [0.3, 0.4) is 0 Å². The molecule has 0 unspecified atom stereocenters. The Morgan fingerprint density at radius 2 is 2.05 bits per heavy atom. The highest BCUT2D eigenvalue weighted by Crippen LogP contribution is 2.42. The van der Waals surface area contributed by atoms with Crippen molar-refractivity contribution in [3.8, 4) is 0 Å². The predicted molar refractivity (Wildman–Crippen MR) is 83.5 cm³/mol. The van der Waals surface area contributed by atoms with Crippen molar-refractivity contribution >= 4 is 11.6 Å². The van der Waals surface area contributed by atoms with E-state index in [1.807, 2.05) is 12.1 Å². The number of nitrogens with two attached hydrogens (primary N) is 1. The van der Waals surface area contributed by atoms with E-state index < -0.39 is 0 Å². The standard InChI is InChI=1S/C17H26N2O/c1-13(2)11-17(8-3-4-9-17)12-19-16(20)14-6-5-7-15(18)10-14/h5-7,10,13H,3-4,8-9,11-12,18H2,1-2H3,(H,19,20). The molecule has 0 bridgehead atoms. The molecule has 1 aliphatic rings. The number of nitrogen functional groups attached to an aromatic ring is 1. The third kappa shape index (κ3) is 3.75. The van der Waals surface area contributed by atoms with E-state index >= 15 is 0 Å². The molecule has 1 fully saturated rings. The second-order valence-electron chi connectivity index (χ2n) is 6.61. The lowest BCUT2D eigenvalue weighted by Gasteiger charge is -2.31. The quantitative estimate of drug-likeness (QED) is 0.806. The molecule has 0 aromatic heterocycles. The average molecular weight is 274 g/mol. The summed E-state index contributed by atoms with van der Waals surface area (Å²) in [7, 11) is 0. The number of carbonyl (C=O) groups excluding carboxylic acids is 1. The number of amides is 1. The summed E-state index contributed by atoms with van der Waals surface area (Å²) in [5.74, 6) is 0.671. The fourth-order valence-corrected chi connectivity index (χ4v) is 3.49. The highest BCUT2D eigenvalue weighted by molar-refractivity contribution is 5.95. The molecule has 0 radical (unpaired) electrons. The van der Waals surface area contributed by atoms with Crippen LogP contribution in [0.1, 0.15) is 56.3 Å². The van der Waals surface area contributed by atoms with Crippen LogP contribution in [0.2, 0.25) is 0 Å². The minimum Gasteiger partial charge on any atom is -0.399 e. The number of hydrogen-bond acceptors (Lipinski definition) is 2. The molecule has 1 amide bonds. The summed E-state index contributed by atoms with van der Waals surface area (Å²) in [6.07, 6.45) is 6.26. The van der Waals surface area contributed by atoms with Crippen molar-refractivity contribution in [1.82, 2.24) is 5.32 Å². The van der Waals surface area contributed by atoms with Crippen molar-refractivity contribution in [2.75, 3.05) is 12.3 Å². The van der Waals surface area contributed by atoms with Crippen molar-refractivity contribution in [1.29, 1.82) is 0 Å². The van der Waals surface area contributed by atoms with Crippen molar-refractivity contribution in [3.05, 3.63) is 29.8 Å². The van der Waals surface area contributed by atoms with Crippen molar-refractivity contribution in [2.24, 2.45) is 11.3 Å². The second-order valence-corrected chi connectivity index (χ2v) is 6.61. The van der Waals surface area contributed by atoms with Crippen LogP contribution in [0.15, 0.2) is 24.3 Å². The van der Waals surface area contributed by atoms with Gasteiger partial charge in [-0.05, 0) is 48.8 Å². The molecule has 0 atom stereocenters. The molecule has 110 valence electrons. The van der Waals surface area contributed by atoms with E-state index in [0.29, 0.717) is 22.6 Å². The lowest BCUT2D eigenvalue weighted by Crippen LogP contribution is -2.36. The lowest BCUT2D eigenvalue weighted by molar-refractivity contribution is 0.0922. The summed E-state index contributed by atoms with van der Waals surface area (Å²) in [6, 6.07) is 7.17. The van der Waals surface area contributed by atoms with Gasteiger partial charge in [-0.25, -0.2) is 0 Å². The van der Waals surface area contributed by atoms with E-state index in [9.17, 15) is 4.79 Å². The highest BCUT2D eigenvalue weighted by atomic mass is 16.1. The summed E-state index contributed by atoms with van der Waals surface area (Å²) < 4.78 is 0. The Labute approximate surface area is 121 Å². The average Bonchev–Trinajstić information content (AvgIpc) is 2.84. The van der Waals surface area contributed by atoms with Crippen LogP contribution in [0.4, 0.5) is 5.69 Å². The molecule has 0 heterocycles. The van der Waals surface area contributed by atoms with Gasteiger partial charge < -0.3 is 11.1 Å². The van der Waals surface area contributed by atoms with Gasteiger partial charge in [-0.1, -0.05) is 32.8 Å². The Kier molecular flexibility index (Phi) is 4.69. The van der Waals surface area contributed by atoms with E-state index in [2.05, 4.69) is 19.2 Å². The number of rotatable bonds is 5. The molecule has 20 heavy (non-hydrogen) atoms. The van der Waals surface area contributed by atoms with Crippen LogP contribution in [0.25, 0.3) is 0 Å². The van der Waals surface area contributed by atoms with Crippen LogP contribution in [0, 0.1) is 11.3 Å². The van der Waals surface area contributed by atoms with Crippen LogP contribution in [0.5, 0.6) is 0 Å². The van der Waals surface area contributed by atoms with E-state index in [1.54, 1.807) is 12.1 Å². The van der Waals surface area contributed by atoms with Gasteiger partial charge in [-0.2, -0.15) is 0 Å². The summed E-state index contributed by atoms with van der Waals surface area (Å²) in [5, 5.41) is 3.12. The van der Waals surface area contributed by atoms with Gasteiger partial charge in [0.25, 0.3) is 5.91 Å². The van der Waals surface area contributed by atoms with Crippen LogP contribution >= 0.6 is 0 Å². The third-order valence-electron chi connectivity index (χ3n) is 4.28. The van der Waals surface area contributed by atoms with Crippen molar-refractivity contribution in [3.63, 3.8) is 0 Å². The Morgan fingerprint density at radius 3 is 2.65 bits per heavy atom. The molecule has 1 aromatic rings. The Morgan fingerprint density at radius 1 is 1.35 bits per heavy atom. The normalized spacial score (nSPS) is 17.4. The lowest BCUT2D eigenvalue weighted by atomic mass is 9.78. The summed E-state index contributed by atoms with van der Waals surface area (Å²) >= 11 is 0. The Balaban J connectivity index is 1.97. The highest BCUT2D eigenvalue weighted by Gasteiger charge is 2.34. The molecule has 2 rings (SSSR count). The molecular weight excluding hydrogens is 248 g/mol. The summed E-state index contributed by atoms with van der Waals surface area (Å²) in [4.78, 5) is 12.2. The van der Waals surface area contributed by atoms with Gasteiger partial charge in [0, 0.05) is 17.8 Å². The minimum absolute atomic E-state index is 0.00710. The van der Waals surface area contributed by atoms with E-state index in [0.717, 1.165) is 6.54 Å². The maximum absolute atomic E-state index is 12.2. The van der Waals surface area contributed by atoms with Crippen molar-refractivity contribution < 1.29 is 4.79 Å². The molecule has 1 saturated carbocycles. The molecule has 3 N–H and O–H groups in total. The maximum atomic E-state index is 12.2. The fraction of sp³-hybridized carbons (Fsp3) is 0.588. The molecule has 0 aliphatic heterocycles. The molecule has 1 aromatic carbocycles. The minimum atomic E-state index is -0.00710. The number of carbonyl (C=O) groups is 1. The SMILES string of the molecule is CC(C)CC1(CNC(=O)c2cccc(N)c2)CCCC1. The topological polar surface area (TPSA) is 55.1 Å². The first-order valence-electron chi connectivity index (χ1n) is 7.64. The van der Waals surface area contributed by atoms with Crippen LogP contribution in [-0.4, -0.2) is 12.5 Å². The van der Waals surface area contributed by atoms with Gasteiger partial charge in [-0.15, -0.1) is 0 Å². The van der Waals surface area contributed by atoms with E-state index in [-0.39, 0.29) is 5.91 Å². The van der Waals surface area contributed by atoms with Crippen molar-refractivity contribution in [2.45, 2.75) is 46.0 Å². The molecule has 1 aliphatic carbocycles. The first kappa shape index (κ1) is 14.9. The molecular formula is C17H26N2O. The Bertz CT molecular complexity index is 462. The van der Waals surface area contributed by atoms with Crippen LogP contribution < -0.4 is 11.1 Å². The zero-order chi connectivity index (χ0) is 14.6. The monoisotopic (exact) mass is 274 g/mol. The summed E-state index contributed by atoms with van der Waals surface area (Å²) in [6.45, 7) is 5.32.